The minimum atomic E-state index is -4.04. The molecule has 15 heteroatoms. The number of fused-ring (bicyclic) bond motifs is 8. The molecule has 2 aliphatic heterocycles. The molecule has 4 aliphatic rings. The van der Waals surface area contributed by atoms with E-state index in [0.717, 1.165) is 20.9 Å². The maximum absolute atomic E-state index is 14.1. The number of carbonyl (C=O) groups excluding carboxylic acids is 5. The second kappa shape index (κ2) is 15.1. The Kier molecular flexibility index (Phi) is 9.27. The van der Waals surface area contributed by atoms with Crippen LogP contribution in [0, 0.1) is 23.7 Å². The van der Waals surface area contributed by atoms with E-state index in [1.165, 1.54) is 80.7 Å². The molecule has 0 saturated carbocycles. The van der Waals surface area contributed by atoms with E-state index in [4.69, 9.17) is 0 Å². The highest BCUT2D eigenvalue weighted by Gasteiger charge is 2.53. The fourth-order valence-corrected chi connectivity index (χ4v) is 14.2. The smallest absolute Gasteiger partial charge is 0.268 e. The number of rotatable bonds is 8. The number of imide groups is 2. The standard InChI is InChI=1S/C53H38N4O9S2/c58-49(31-19-23-33(24-20-31)54-50(59)41-27-39-37-15-7-9-17-45(37)56(47(39)29-43(41)52(54)61)67(63,64)35-11-3-1-4-12-35)32-21-25-34(26-22-32)55-51(60)42-28-40-38-16-8-10-18-46(38)57(48(40)30-44(42)53(55)62)68(65,66)36-13-5-2-6-14-36/h1-26,41-44H,27-30H2/t41-,42-,43+,44+/m0/s1. The summed E-state index contributed by atoms with van der Waals surface area (Å²) in [6.07, 6.45) is 0.476. The van der Waals surface area contributed by atoms with Gasteiger partial charge in [0.25, 0.3) is 20.0 Å². The van der Waals surface area contributed by atoms with Crippen LogP contribution in [0.15, 0.2) is 168 Å². The lowest BCUT2D eigenvalue weighted by Gasteiger charge is -2.23. The molecule has 0 unspecified atom stereocenters. The van der Waals surface area contributed by atoms with E-state index in [1.807, 2.05) is 24.3 Å². The van der Waals surface area contributed by atoms with E-state index >= 15 is 0 Å². The Hall–Kier alpha value is -7.75. The van der Waals surface area contributed by atoms with E-state index in [2.05, 4.69) is 0 Å². The van der Waals surface area contributed by atoms with Crippen LogP contribution in [0.4, 0.5) is 11.4 Å². The molecule has 0 N–H and O–H groups in total. The van der Waals surface area contributed by atoms with Crippen molar-refractivity contribution in [3.63, 3.8) is 0 Å². The number of hydrogen-bond acceptors (Lipinski definition) is 9. The van der Waals surface area contributed by atoms with Gasteiger partial charge in [-0.05, 0) is 109 Å². The molecule has 4 heterocycles. The van der Waals surface area contributed by atoms with Crippen molar-refractivity contribution < 1.29 is 40.8 Å². The molecule has 4 atom stereocenters. The molecule has 13 nitrogen and oxygen atoms in total. The monoisotopic (exact) mass is 938 g/mol. The summed E-state index contributed by atoms with van der Waals surface area (Å²) in [5, 5.41) is 1.42. The molecule has 0 spiro atoms. The average Bonchev–Trinajstić information content (AvgIpc) is 4.04. The first kappa shape index (κ1) is 41.7. The molecule has 2 aliphatic carbocycles. The number of amides is 4. The summed E-state index contributed by atoms with van der Waals surface area (Å²) in [4.78, 5) is 72.7. The summed E-state index contributed by atoms with van der Waals surface area (Å²) < 4.78 is 59.1. The SMILES string of the molecule is O=C(c1ccc(N2C(=O)[C@H]3Cc4c(n(S(=O)(=O)c5ccccc5)c5ccccc45)C[C@H]3C2=O)cc1)c1ccc(N2C(=O)[C@H]3Cc4c(n(S(=O)(=O)c5ccccc5)c5ccccc45)C[C@H]3C2=O)cc1. The van der Waals surface area contributed by atoms with E-state index in [9.17, 15) is 40.8 Å². The molecular weight excluding hydrogens is 901 g/mol. The third-order valence-electron chi connectivity index (χ3n) is 14.2. The van der Waals surface area contributed by atoms with Crippen LogP contribution in [-0.2, 0) is 64.9 Å². The van der Waals surface area contributed by atoms with Crippen LogP contribution in [0.5, 0.6) is 0 Å². The van der Waals surface area contributed by atoms with Gasteiger partial charge < -0.3 is 0 Å². The third kappa shape index (κ3) is 6.01. The van der Waals surface area contributed by atoms with Crippen molar-refractivity contribution in [1.29, 1.82) is 0 Å². The van der Waals surface area contributed by atoms with Gasteiger partial charge in [0.05, 0.1) is 55.9 Å². The fraction of sp³-hybridized carbons (Fsp3) is 0.151. The first-order valence-electron chi connectivity index (χ1n) is 22.2. The Labute approximate surface area is 389 Å². The maximum Gasteiger partial charge on any atom is 0.268 e. The zero-order valence-electron chi connectivity index (χ0n) is 35.9. The van der Waals surface area contributed by atoms with Crippen LogP contribution >= 0.6 is 0 Å². The second-order valence-electron chi connectivity index (χ2n) is 17.7. The normalized spacial score (nSPS) is 20.2. The molecule has 336 valence electrons. The number of nitrogens with zero attached hydrogens (tertiary/aromatic N) is 4. The Bertz CT molecular complexity index is 3490. The fourth-order valence-electron chi connectivity index (χ4n) is 11.0. The van der Waals surface area contributed by atoms with Crippen molar-refractivity contribution in [3.8, 4) is 0 Å². The Morgan fingerprint density at radius 2 is 0.721 bits per heavy atom. The molecule has 2 fully saturated rings. The van der Waals surface area contributed by atoms with Crippen molar-refractivity contribution in [1.82, 2.24) is 7.94 Å². The van der Waals surface area contributed by atoms with Crippen molar-refractivity contribution in [2.75, 3.05) is 9.80 Å². The quantitative estimate of drug-likeness (QED) is 0.114. The van der Waals surface area contributed by atoms with Gasteiger partial charge in [0.2, 0.25) is 23.6 Å². The van der Waals surface area contributed by atoms with Crippen molar-refractivity contribution in [2.45, 2.75) is 35.5 Å². The molecule has 0 radical (unpaired) electrons. The Morgan fingerprint density at radius 1 is 0.397 bits per heavy atom. The van der Waals surface area contributed by atoms with Gasteiger partial charge in [-0.15, -0.1) is 0 Å². The summed E-state index contributed by atoms with van der Waals surface area (Å²) in [7, 11) is -8.09. The van der Waals surface area contributed by atoms with Crippen LogP contribution in [-0.4, -0.2) is 54.2 Å². The van der Waals surface area contributed by atoms with Gasteiger partial charge in [0.15, 0.2) is 5.78 Å². The zero-order chi connectivity index (χ0) is 46.8. The van der Waals surface area contributed by atoms with Crippen LogP contribution in [0.3, 0.4) is 0 Å². The number of para-hydroxylation sites is 2. The molecule has 2 aromatic heterocycles. The summed E-state index contributed by atoms with van der Waals surface area (Å²) in [5.74, 6) is -5.04. The van der Waals surface area contributed by atoms with Gasteiger partial charge in [-0.2, -0.15) is 0 Å². The summed E-state index contributed by atoms with van der Waals surface area (Å²) >= 11 is 0. The first-order valence-corrected chi connectivity index (χ1v) is 25.1. The minimum Gasteiger partial charge on any atom is -0.289 e. The minimum absolute atomic E-state index is 0.0511. The van der Waals surface area contributed by atoms with Gasteiger partial charge in [0, 0.05) is 46.1 Å². The lowest BCUT2D eigenvalue weighted by atomic mass is 9.79. The highest BCUT2D eigenvalue weighted by molar-refractivity contribution is 7.90. The number of carbonyl (C=O) groups is 5. The van der Waals surface area contributed by atoms with Gasteiger partial charge in [0.1, 0.15) is 0 Å². The summed E-state index contributed by atoms with van der Waals surface area (Å²) in [6.45, 7) is 0. The number of anilines is 2. The highest BCUT2D eigenvalue weighted by atomic mass is 32.2. The van der Waals surface area contributed by atoms with Gasteiger partial charge in [-0.3, -0.25) is 33.8 Å². The molecule has 6 aromatic carbocycles. The van der Waals surface area contributed by atoms with Gasteiger partial charge in [-0.25, -0.2) is 24.8 Å². The molecule has 4 amide bonds. The number of hydrogen-bond donors (Lipinski definition) is 0. The van der Waals surface area contributed by atoms with Crippen molar-refractivity contribution in [3.05, 3.63) is 191 Å². The number of aromatic nitrogens is 2. The van der Waals surface area contributed by atoms with E-state index in [-0.39, 0.29) is 63.8 Å². The average molecular weight is 939 g/mol. The van der Waals surface area contributed by atoms with E-state index in [0.29, 0.717) is 33.2 Å². The van der Waals surface area contributed by atoms with Crippen LogP contribution < -0.4 is 9.80 Å². The lowest BCUT2D eigenvalue weighted by Crippen LogP contribution is -2.31. The third-order valence-corrected chi connectivity index (χ3v) is 17.7. The van der Waals surface area contributed by atoms with Gasteiger partial charge >= 0.3 is 0 Å². The number of benzene rings is 6. The van der Waals surface area contributed by atoms with Crippen LogP contribution in [0.25, 0.3) is 21.8 Å². The van der Waals surface area contributed by atoms with Crippen LogP contribution in [0.1, 0.15) is 38.4 Å². The summed E-state index contributed by atoms with van der Waals surface area (Å²) in [6, 6.07) is 42.8. The Balaban J connectivity index is 0.773. The lowest BCUT2D eigenvalue weighted by molar-refractivity contribution is -0.124. The molecular formula is C53H38N4O9S2. The molecule has 68 heavy (non-hydrogen) atoms. The predicted molar refractivity (Wildman–Crippen MR) is 252 cm³/mol. The second-order valence-corrected chi connectivity index (χ2v) is 21.3. The largest absolute Gasteiger partial charge is 0.289 e. The predicted octanol–water partition coefficient (Wildman–Crippen LogP) is 7.11. The van der Waals surface area contributed by atoms with Crippen molar-refractivity contribution in [2.24, 2.45) is 23.7 Å². The highest BCUT2D eigenvalue weighted by Crippen LogP contribution is 2.46. The zero-order valence-corrected chi connectivity index (χ0v) is 37.6. The summed E-state index contributed by atoms with van der Waals surface area (Å²) in [5.41, 5.74) is 4.51. The van der Waals surface area contributed by atoms with E-state index in [1.54, 1.807) is 60.7 Å². The molecule has 0 bridgehead atoms. The molecule has 2 saturated heterocycles. The van der Waals surface area contributed by atoms with Gasteiger partial charge in [-0.1, -0.05) is 72.8 Å². The van der Waals surface area contributed by atoms with Crippen molar-refractivity contribution >= 4 is 82.6 Å². The maximum atomic E-state index is 14.1. The number of ketones is 1. The van der Waals surface area contributed by atoms with Crippen LogP contribution in [0.2, 0.25) is 0 Å². The molecule has 8 aromatic rings. The first-order chi connectivity index (χ1) is 32.8. The topological polar surface area (TPSA) is 170 Å². The molecule has 12 rings (SSSR count). The van der Waals surface area contributed by atoms with E-state index < -0.39 is 67.3 Å². The Morgan fingerprint density at radius 3 is 1.09 bits per heavy atom.